The normalized spacial score (nSPS) is 16.7. The standard InChI is InChI=1S/C9H18O4/c1-8(2,3)13-9(4,6-12-5)7(10)11/h6H2,1-5H3,(H,10,11). The molecule has 0 bridgehead atoms. The number of carboxylic acids is 1. The van der Waals surface area contributed by atoms with E-state index < -0.39 is 17.2 Å². The first kappa shape index (κ1) is 12.4. The first-order valence-corrected chi connectivity index (χ1v) is 4.14. The van der Waals surface area contributed by atoms with Gasteiger partial charge >= 0.3 is 5.97 Å². The fourth-order valence-corrected chi connectivity index (χ4v) is 1.09. The molecule has 0 aliphatic heterocycles. The zero-order valence-electron chi connectivity index (χ0n) is 8.88. The Balaban J connectivity index is 4.51. The summed E-state index contributed by atoms with van der Waals surface area (Å²) in [7, 11) is 1.45. The highest BCUT2D eigenvalue weighted by atomic mass is 16.6. The van der Waals surface area contributed by atoms with Crippen LogP contribution in [0, 0.1) is 0 Å². The third-order valence-corrected chi connectivity index (χ3v) is 1.40. The number of ether oxygens (including phenoxy) is 2. The van der Waals surface area contributed by atoms with Crippen LogP contribution in [0.1, 0.15) is 27.7 Å². The molecule has 0 spiro atoms. The van der Waals surface area contributed by atoms with Crippen molar-refractivity contribution in [2.24, 2.45) is 0 Å². The molecule has 0 saturated carbocycles. The van der Waals surface area contributed by atoms with Crippen LogP contribution in [0.3, 0.4) is 0 Å². The van der Waals surface area contributed by atoms with Gasteiger partial charge in [-0.1, -0.05) is 0 Å². The van der Waals surface area contributed by atoms with Gasteiger partial charge in [0.2, 0.25) is 0 Å². The van der Waals surface area contributed by atoms with Crippen LogP contribution >= 0.6 is 0 Å². The summed E-state index contributed by atoms with van der Waals surface area (Å²) in [5.41, 5.74) is -1.77. The molecule has 0 aliphatic rings. The third kappa shape index (κ3) is 4.24. The van der Waals surface area contributed by atoms with Gasteiger partial charge in [0.15, 0.2) is 5.60 Å². The maximum atomic E-state index is 10.9. The van der Waals surface area contributed by atoms with Gasteiger partial charge < -0.3 is 14.6 Å². The zero-order valence-corrected chi connectivity index (χ0v) is 8.88. The summed E-state index contributed by atoms with van der Waals surface area (Å²) < 4.78 is 10.2. The van der Waals surface area contributed by atoms with Crippen molar-refractivity contribution in [2.45, 2.75) is 38.9 Å². The Kier molecular flexibility index (Phi) is 3.88. The van der Waals surface area contributed by atoms with Gasteiger partial charge in [-0.05, 0) is 27.7 Å². The van der Waals surface area contributed by atoms with Gasteiger partial charge in [-0.2, -0.15) is 0 Å². The average molecular weight is 190 g/mol. The lowest BCUT2D eigenvalue weighted by Gasteiger charge is -2.32. The molecule has 4 nitrogen and oxygen atoms in total. The number of methoxy groups -OCH3 is 1. The second kappa shape index (κ2) is 4.07. The zero-order chi connectivity index (χ0) is 10.7. The number of aliphatic carboxylic acids is 1. The molecule has 0 amide bonds. The molecule has 0 radical (unpaired) electrons. The minimum Gasteiger partial charge on any atom is -0.479 e. The highest BCUT2D eigenvalue weighted by molar-refractivity contribution is 5.77. The Bertz CT molecular complexity index is 183. The van der Waals surface area contributed by atoms with Gasteiger partial charge in [-0.3, -0.25) is 0 Å². The number of hydrogen-bond acceptors (Lipinski definition) is 3. The average Bonchev–Trinajstić information content (AvgIpc) is 1.82. The summed E-state index contributed by atoms with van der Waals surface area (Å²) in [5.74, 6) is -1.01. The van der Waals surface area contributed by atoms with E-state index in [2.05, 4.69) is 0 Å². The number of carbonyl (C=O) groups is 1. The lowest BCUT2D eigenvalue weighted by molar-refractivity contribution is -0.190. The van der Waals surface area contributed by atoms with Crippen molar-refractivity contribution in [3.05, 3.63) is 0 Å². The Morgan fingerprint density at radius 1 is 1.31 bits per heavy atom. The lowest BCUT2D eigenvalue weighted by atomic mass is 10.1. The van der Waals surface area contributed by atoms with E-state index in [0.717, 1.165) is 0 Å². The van der Waals surface area contributed by atoms with E-state index in [-0.39, 0.29) is 6.61 Å². The van der Waals surface area contributed by atoms with Crippen molar-refractivity contribution >= 4 is 5.97 Å². The Hall–Kier alpha value is -0.610. The molecule has 0 fully saturated rings. The molecule has 0 heterocycles. The molecular formula is C9H18O4. The van der Waals surface area contributed by atoms with Crippen LogP contribution in [-0.4, -0.2) is 36.0 Å². The van der Waals surface area contributed by atoms with Gasteiger partial charge in [0.25, 0.3) is 0 Å². The molecule has 0 aromatic carbocycles. The SMILES string of the molecule is COCC(C)(OC(C)(C)C)C(=O)O. The van der Waals surface area contributed by atoms with Crippen LogP contribution in [0.15, 0.2) is 0 Å². The van der Waals surface area contributed by atoms with E-state index in [1.165, 1.54) is 14.0 Å². The molecule has 78 valence electrons. The maximum absolute atomic E-state index is 10.9. The van der Waals surface area contributed by atoms with Crippen LogP contribution in [-0.2, 0) is 14.3 Å². The second-order valence-electron chi connectivity index (χ2n) is 4.18. The number of carboxylic acid groups (broad SMARTS) is 1. The highest BCUT2D eigenvalue weighted by Crippen LogP contribution is 2.20. The van der Waals surface area contributed by atoms with Crippen molar-refractivity contribution in [3.8, 4) is 0 Å². The molecule has 13 heavy (non-hydrogen) atoms. The summed E-state index contributed by atoms with van der Waals surface area (Å²) >= 11 is 0. The van der Waals surface area contributed by atoms with E-state index in [1.807, 2.05) is 20.8 Å². The van der Waals surface area contributed by atoms with Crippen LogP contribution in [0.25, 0.3) is 0 Å². The molecule has 0 aromatic rings. The van der Waals surface area contributed by atoms with Crippen molar-refractivity contribution < 1.29 is 19.4 Å². The fraction of sp³-hybridized carbons (Fsp3) is 0.889. The molecule has 0 rings (SSSR count). The van der Waals surface area contributed by atoms with Crippen molar-refractivity contribution in [1.29, 1.82) is 0 Å². The Labute approximate surface area is 78.8 Å². The molecule has 1 N–H and O–H groups in total. The summed E-state index contributed by atoms with van der Waals surface area (Å²) in [6.45, 7) is 6.97. The number of rotatable bonds is 4. The fourth-order valence-electron chi connectivity index (χ4n) is 1.09. The Morgan fingerprint density at radius 2 is 1.77 bits per heavy atom. The van der Waals surface area contributed by atoms with Crippen molar-refractivity contribution in [3.63, 3.8) is 0 Å². The summed E-state index contributed by atoms with van der Waals surface area (Å²) in [5, 5.41) is 8.92. The highest BCUT2D eigenvalue weighted by Gasteiger charge is 2.38. The van der Waals surface area contributed by atoms with Gasteiger partial charge in [0.1, 0.15) is 0 Å². The Morgan fingerprint density at radius 3 is 2.00 bits per heavy atom. The molecule has 0 aromatic heterocycles. The van der Waals surface area contributed by atoms with Gasteiger partial charge in [-0.15, -0.1) is 0 Å². The second-order valence-corrected chi connectivity index (χ2v) is 4.18. The van der Waals surface area contributed by atoms with Crippen LogP contribution in [0.4, 0.5) is 0 Å². The van der Waals surface area contributed by atoms with E-state index in [9.17, 15) is 4.79 Å². The van der Waals surface area contributed by atoms with Crippen LogP contribution in [0.2, 0.25) is 0 Å². The van der Waals surface area contributed by atoms with Gasteiger partial charge in [0, 0.05) is 7.11 Å². The molecule has 0 saturated heterocycles. The summed E-state index contributed by atoms with van der Waals surface area (Å²) in [4.78, 5) is 10.9. The van der Waals surface area contributed by atoms with Crippen LogP contribution in [0.5, 0.6) is 0 Å². The number of hydrogen-bond donors (Lipinski definition) is 1. The minimum atomic E-state index is -1.27. The topological polar surface area (TPSA) is 55.8 Å². The van der Waals surface area contributed by atoms with Gasteiger partial charge in [0.05, 0.1) is 12.2 Å². The first-order valence-electron chi connectivity index (χ1n) is 4.14. The third-order valence-electron chi connectivity index (χ3n) is 1.40. The quantitative estimate of drug-likeness (QED) is 0.725. The molecule has 1 unspecified atom stereocenters. The molecule has 1 atom stereocenters. The maximum Gasteiger partial charge on any atom is 0.338 e. The van der Waals surface area contributed by atoms with Crippen molar-refractivity contribution in [2.75, 3.05) is 13.7 Å². The monoisotopic (exact) mass is 190 g/mol. The lowest BCUT2D eigenvalue weighted by Crippen LogP contribution is -2.47. The van der Waals surface area contributed by atoms with Crippen LogP contribution < -0.4 is 0 Å². The predicted molar refractivity (Wildman–Crippen MR) is 48.8 cm³/mol. The van der Waals surface area contributed by atoms with Gasteiger partial charge in [-0.25, -0.2) is 4.79 Å². The smallest absolute Gasteiger partial charge is 0.338 e. The largest absolute Gasteiger partial charge is 0.479 e. The van der Waals surface area contributed by atoms with E-state index in [0.29, 0.717) is 0 Å². The van der Waals surface area contributed by atoms with E-state index >= 15 is 0 Å². The summed E-state index contributed by atoms with van der Waals surface area (Å²) in [6.07, 6.45) is 0. The molecule has 0 aliphatic carbocycles. The molecule has 4 heteroatoms. The van der Waals surface area contributed by atoms with Crippen molar-refractivity contribution in [1.82, 2.24) is 0 Å². The first-order chi connectivity index (χ1) is 5.71. The molecular weight excluding hydrogens is 172 g/mol. The minimum absolute atomic E-state index is 0.0413. The van der Waals surface area contributed by atoms with E-state index in [4.69, 9.17) is 14.6 Å². The predicted octanol–water partition coefficient (Wildman–Crippen LogP) is 1.29. The summed E-state index contributed by atoms with van der Waals surface area (Å²) in [6, 6.07) is 0. The van der Waals surface area contributed by atoms with E-state index in [1.54, 1.807) is 0 Å².